The van der Waals surface area contributed by atoms with E-state index in [9.17, 15) is 32.3 Å². The van der Waals surface area contributed by atoms with Crippen LogP contribution in [0.15, 0.2) is 171 Å². The van der Waals surface area contributed by atoms with Gasteiger partial charge in [-0.25, -0.2) is 29.9 Å². The van der Waals surface area contributed by atoms with Crippen LogP contribution in [0.4, 0.5) is 42.8 Å². The maximum Gasteiger partial charge on any atom is 0.433 e. The van der Waals surface area contributed by atoms with E-state index >= 15 is 0 Å². The first-order valence-corrected chi connectivity index (χ1v) is 33.2. The number of carbonyl (C=O) groups is 4. The van der Waals surface area contributed by atoms with Crippen molar-refractivity contribution < 1.29 is 32.3 Å². The Balaban J connectivity index is 0.000000153. The molecule has 35 heteroatoms. The summed E-state index contributed by atoms with van der Waals surface area (Å²) in [7, 11) is 6.16. The fourth-order valence-corrected chi connectivity index (χ4v) is 10.1. The summed E-state index contributed by atoms with van der Waals surface area (Å²) < 4.78 is 37.9. The summed E-state index contributed by atoms with van der Waals surface area (Å²) in [5.74, 6) is 1.99. The number of nitrogens with two attached hydrogens (primary N) is 1. The second kappa shape index (κ2) is 36.4. The van der Waals surface area contributed by atoms with Crippen LogP contribution in [0.3, 0.4) is 0 Å². The zero-order valence-corrected chi connectivity index (χ0v) is 59.4. The van der Waals surface area contributed by atoms with Gasteiger partial charge in [-0.15, -0.1) is 0 Å². The number of carbonyl (C=O) groups excluding carboxylic acids is 4. The lowest BCUT2D eigenvalue weighted by molar-refractivity contribution is -0.141. The number of anilines is 5. The number of alkyl halides is 3. The van der Waals surface area contributed by atoms with E-state index in [0.29, 0.717) is 93.3 Å². The van der Waals surface area contributed by atoms with Gasteiger partial charge in [-0.05, 0) is 177 Å². The van der Waals surface area contributed by atoms with Gasteiger partial charge in [-0.2, -0.15) is 53.0 Å². The van der Waals surface area contributed by atoms with Crippen LogP contribution in [-0.4, -0.2) is 168 Å². The lowest BCUT2D eigenvalue weighted by Crippen LogP contribution is -2.40. The fourth-order valence-electron chi connectivity index (χ4n) is 9.90. The van der Waals surface area contributed by atoms with Gasteiger partial charge in [0.1, 0.15) is 62.7 Å². The van der Waals surface area contributed by atoms with Crippen LogP contribution in [0, 0.1) is 27.7 Å². The summed E-state index contributed by atoms with van der Waals surface area (Å²) >= 11 is 5.72. The molecule has 12 aromatic rings. The van der Waals surface area contributed by atoms with Crippen LogP contribution in [0.2, 0.25) is 5.15 Å². The molecule has 13 rings (SSSR count). The molecule has 0 saturated carbocycles. The van der Waals surface area contributed by atoms with Crippen molar-refractivity contribution in [1.82, 2.24) is 110 Å². The van der Waals surface area contributed by atoms with E-state index in [1.807, 2.05) is 74.8 Å². The molecule has 544 valence electrons. The molecule has 1 fully saturated rings. The number of nitrogens with one attached hydrogen (secondary N) is 5. The standard InChI is InChI=1S/C22H26N8O.C19H20N6O.C16H10ClF3N6O.C15H13N7O/c1-15-26-20(19-5-3-4-10-23-19)28-22(27-15)29-21(31)16-6-7-18(24-13-16)14-25-17-8-11-30(2)12-9-17;1-13-21-17(16-6-4-5-11-20-16)23-19(22-13)24-18(26)15-9-7-14(8-10-15)12-25(2)3;1-8-22-13(10-4-2-3-7-21-10)25-15(23-8)26-14(27)9-5-6-11(16(18,19)20)24-12(9)17;1-9-19-13(11-6-2-3-7-17-11)21-15(20-9)22-14(23)10-5-4-8-18-12(10)16/h3-7,10,13,17,25H,8-9,11-12,14H2,1-2H3,(H,26,27,28,29,31);4-11H,12H2,1-3H3,(H,21,22,23,24,26);2-7H,1H3,(H,22,23,25,26,27);2-8H,1H3,(H2,16,18)(H,19,20,21,22,23). The van der Waals surface area contributed by atoms with Gasteiger partial charge in [0.15, 0.2) is 23.3 Å². The SMILES string of the molecule is Cc1nc(NC(=O)c2ccc(C(F)(F)F)nc2Cl)nc(-c2ccccn2)n1.Cc1nc(NC(=O)c2ccc(CN(C)C)cc2)nc(-c2ccccn2)n1.Cc1nc(NC(=O)c2ccc(CNC3CCN(C)CC3)nc2)nc(-c2ccccn2)n1.Cc1nc(NC(=O)c2cccnc2N)nc(-c2ccccn2)n1. The predicted octanol–water partition coefficient (Wildman–Crippen LogP) is 9.66. The fraction of sp³-hybridized carbons (Fsp3) is 0.208. The number of benzene rings is 1. The van der Waals surface area contributed by atoms with Crippen molar-refractivity contribution in [1.29, 1.82) is 0 Å². The van der Waals surface area contributed by atoms with Crippen molar-refractivity contribution in [3.63, 3.8) is 0 Å². The number of piperidine rings is 1. The Labute approximate surface area is 615 Å². The molecule has 0 spiro atoms. The average Bonchev–Trinajstić information content (AvgIpc) is 0.831. The molecule has 0 bridgehead atoms. The quantitative estimate of drug-likeness (QED) is 0.0462. The molecular weight excluding hydrogens is 1400 g/mol. The Hall–Kier alpha value is -13.1. The summed E-state index contributed by atoms with van der Waals surface area (Å²) in [6, 6.07) is 37.9. The minimum atomic E-state index is -4.67. The minimum Gasteiger partial charge on any atom is -0.383 e. The summed E-state index contributed by atoms with van der Waals surface area (Å²) in [4.78, 5) is 133. The first-order chi connectivity index (χ1) is 51.4. The molecule has 1 saturated heterocycles. The number of rotatable bonds is 17. The molecule has 107 heavy (non-hydrogen) atoms. The number of pyridine rings is 7. The molecular formula is C72H69ClF3N27O4. The van der Waals surface area contributed by atoms with Gasteiger partial charge in [0.2, 0.25) is 23.8 Å². The zero-order chi connectivity index (χ0) is 76.0. The Morgan fingerprint density at radius 3 is 1.27 bits per heavy atom. The molecule has 0 aliphatic carbocycles. The molecule has 0 atom stereocenters. The number of amides is 4. The van der Waals surface area contributed by atoms with Crippen LogP contribution in [0.1, 0.15) is 94.5 Å². The molecule has 1 aliphatic rings. The lowest BCUT2D eigenvalue weighted by atomic mass is 10.1. The second-order valence-electron chi connectivity index (χ2n) is 23.7. The topological polar surface area (TPSA) is 406 Å². The third-order valence-electron chi connectivity index (χ3n) is 15.0. The third kappa shape index (κ3) is 22.7. The third-order valence-corrected chi connectivity index (χ3v) is 15.3. The summed E-state index contributed by atoms with van der Waals surface area (Å²) in [6.07, 6.45) is 7.24. The van der Waals surface area contributed by atoms with Gasteiger partial charge in [0, 0.05) is 61.9 Å². The van der Waals surface area contributed by atoms with E-state index in [4.69, 9.17) is 17.3 Å². The van der Waals surface area contributed by atoms with Crippen molar-refractivity contribution in [2.75, 3.05) is 61.2 Å². The highest BCUT2D eigenvalue weighted by Crippen LogP contribution is 2.30. The number of nitrogens with zero attached hydrogens (tertiary/aromatic N) is 21. The van der Waals surface area contributed by atoms with E-state index in [2.05, 4.69) is 138 Å². The number of nitrogen functional groups attached to an aromatic ring is 1. The first-order valence-electron chi connectivity index (χ1n) is 32.8. The number of halogens is 4. The Bertz CT molecular complexity index is 5020. The van der Waals surface area contributed by atoms with E-state index < -0.39 is 28.8 Å². The normalized spacial score (nSPS) is 12.0. The highest BCUT2D eigenvalue weighted by molar-refractivity contribution is 6.33. The summed E-state index contributed by atoms with van der Waals surface area (Å²) in [5.41, 5.74) is 9.84. The van der Waals surface area contributed by atoms with Crippen LogP contribution in [0.25, 0.3) is 46.1 Å². The number of aromatic nitrogens is 19. The number of hydrogen-bond donors (Lipinski definition) is 6. The smallest absolute Gasteiger partial charge is 0.383 e. The molecule has 1 aliphatic heterocycles. The van der Waals surface area contributed by atoms with Crippen LogP contribution >= 0.6 is 11.6 Å². The molecule has 11 aromatic heterocycles. The molecule has 31 nitrogen and oxygen atoms in total. The molecule has 4 amide bonds. The molecule has 0 radical (unpaired) electrons. The van der Waals surface area contributed by atoms with Gasteiger partial charge in [0.05, 0.1) is 22.4 Å². The van der Waals surface area contributed by atoms with Crippen LogP contribution in [-0.2, 0) is 19.3 Å². The Morgan fingerprint density at radius 1 is 0.477 bits per heavy atom. The molecule has 0 unspecified atom stereocenters. The van der Waals surface area contributed by atoms with E-state index in [0.717, 1.165) is 49.8 Å². The maximum absolute atomic E-state index is 12.6. The first kappa shape index (κ1) is 76.6. The molecule has 1 aromatic carbocycles. The van der Waals surface area contributed by atoms with Gasteiger partial charge in [-0.3, -0.25) is 65.4 Å². The Morgan fingerprint density at radius 2 is 0.888 bits per heavy atom. The molecule has 7 N–H and O–H groups in total. The van der Waals surface area contributed by atoms with Crippen molar-refractivity contribution in [2.24, 2.45) is 0 Å². The van der Waals surface area contributed by atoms with Crippen LogP contribution in [0.5, 0.6) is 0 Å². The lowest BCUT2D eigenvalue weighted by Gasteiger charge is -2.29. The van der Waals surface area contributed by atoms with Gasteiger partial charge in [-0.1, -0.05) is 48.0 Å². The van der Waals surface area contributed by atoms with Gasteiger partial charge < -0.3 is 20.9 Å². The Kier molecular flexibility index (Phi) is 26.0. The minimum absolute atomic E-state index is 0.0934. The van der Waals surface area contributed by atoms with Crippen LogP contribution < -0.4 is 32.3 Å². The highest BCUT2D eigenvalue weighted by atomic mass is 35.5. The van der Waals surface area contributed by atoms with Crippen molar-refractivity contribution >= 4 is 64.8 Å². The maximum atomic E-state index is 12.6. The largest absolute Gasteiger partial charge is 0.433 e. The average molecular weight is 1470 g/mol. The van der Waals surface area contributed by atoms with Gasteiger partial charge in [0.25, 0.3) is 23.6 Å². The highest BCUT2D eigenvalue weighted by Gasteiger charge is 2.33. The summed E-state index contributed by atoms with van der Waals surface area (Å²) in [5, 5.41) is 13.4. The van der Waals surface area contributed by atoms with E-state index in [1.54, 1.807) is 119 Å². The van der Waals surface area contributed by atoms with E-state index in [1.165, 1.54) is 6.20 Å². The van der Waals surface area contributed by atoms with Crippen molar-refractivity contribution in [3.05, 3.63) is 238 Å². The number of aryl methyl sites for hydroxylation is 4. The summed E-state index contributed by atoms with van der Waals surface area (Å²) in [6.45, 7) is 10.5. The number of likely N-dealkylation sites (tertiary alicyclic amines) is 1. The predicted molar refractivity (Wildman–Crippen MR) is 391 cm³/mol. The second-order valence-corrected chi connectivity index (χ2v) is 24.1. The number of hydrogen-bond acceptors (Lipinski definition) is 27. The monoisotopic (exact) mass is 1470 g/mol. The molecule has 12 heterocycles. The van der Waals surface area contributed by atoms with Gasteiger partial charge >= 0.3 is 6.18 Å². The van der Waals surface area contributed by atoms with Crippen molar-refractivity contribution in [3.8, 4) is 46.1 Å². The van der Waals surface area contributed by atoms with E-state index in [-0.39, 0.29) is 58.4 Å². The zero-order valence-electron chi connectivity index (χ0n) is 58.6. The van der Waals surface area contributed by atoms with Crippen molar-refractivity contribution in [2.45, 2.75) is 65.8 Å².